The van der Waals surface area contributed by atoms with Gasteiger partial charge in [-0.1, -0.05) is 19.0 Å². The Bertz CT molecular complexity index is 890. The number of nitrogens with one attached hydrogen (secondary N) is 1. The maximum absolute atomic E-state index is 12.3. The Labute approximate surface area is 196 Å². The van der Waals surface area contributed by atoms with Crippen molar-refractivity contribution in [1.82, 2.24) is 15.5 Å². The summed E-state index contributed by atoms with van der Waals surface area (Å²) in [6.45, 7) is 10.5. The summed E-state index contributed by atoms with van der Waals surface area (Å²) in [6.07, 6.45) is 5.22. The Balaban J connectivity index is 1.36. The first-order valence-electron chi connectivity index (χ1n) is 12.1. The SMILES string of the molecule is Cc1cc(OCCCC2CCN(c3nc(CC(C)C)no3)CC2)ccc1C(=O)NC(C)CO. The molecule has 0 aliphatic carbocycles. The maximum Gasteiger partial charge on any atom is 0.324 e. The number of hydrogen-bond donors (Lipinski definition) is 2. The van der Waals surface area contributed by atoms with Gasteiger partial charge in [0.2, 0.25) is 0 Å². The molecule has 0 saturated carbocycles. The molecule has 8 heteroatoms. The number of benzene rings is 1. The van der Waals surface area contributed by atoms with E-state index in [1.54, 1.807) is 13.0 Å². The third-order valence-corrected chi connectivity index (χ3v) is 6.05. The summed E-state index contributed by atoms with van der Waals surface area (Å²) in [4.78, 5) is 19.0. The van der Waals surface area contributed by atoms with Gasteiger partial charge in [-0.2, -0.15) is 4.98 Å². The van der Waals surface area contributed by atoms with Crippen molar-refractivity contribution in [3.8, 4) is 5.75 Å². The van der Waals surface area contributed by atoms with Crippen LogP contribution >= 0.6 is 0 Å². The summed E-state index contributed by atoms with van der Waals surface area (Å²) in [5, 5.41) is 16.0. The van der Waals surface area contributed by atoms with Crippen molar-refractivity contribution in [1.29, 1.82) is 0 Å². The summed E-state index contributed by atoms with van der Waals surface area (Å²) >= 11 is 0. The first-order valence-corrected chi connectivity index (χ1v) is 12.1. The molecule has 1 aromatic carbocycles. The van der Waals surface area contributed by atoms with Gasteiger partial charge in [-0.3, -0.25) is 4.79 Å². The smallest absolute Gasteiger partial charge is 0.324 e. The number of aromatic nitrogens is 2. The lowest BCUT2D eigenvalue weighted by atomic mass is 9.92. The molecule has 1 fully saturated rings. The minimum Gasteiger partial charge on any atom is -0.494 e. The molecule has 1 aromatic heterocycles. The van der Waals surface area contributed by atoms with Crippen molar-refractivity contribution < 1.29 is 19.2 Å². The van der Waals surface area contributed by atoms with Gasteiger partial charge in [-0.25, -0.2) is 0 Å². The van der Waals surface area contributed by atoms with Crippen molar-refractivity contribution in [2.75, 3.05) is 31.2 Å². The van der Waals surface area contributed by atoms with E-state index in [2.05, 4.69) is 34.2 Å². The Hall–Kier alpha value is -2.61. The van der Waals surface area contributed by atoms with Crippen LogP contribution in [-0.2, 0) is 6.42 Å². The minimum atomic E-state index is -0.269. The molecule has 1 atom stereocenters. The molecular weight excluding hydrogens is 420 g/mol. The molecular formula is C25H38N4O4. The molecule has 1 amide bonds. The number of piperidine rings is 1. The zero-order chi connectivity index (χ0) is 23.8. The second kappa shape index (κ2) is 12.0. The van der Waals surface area contributed by atoms with Crippen LogP contribution in [0.2, 0.25) is 0 Å². The van der Waals surface area contributed by atoms with Gasteiger partial charge >= 0.3 is 6.01 Å². The van der Waals surface area contributed by atoms with Crippen LogP contribution in [-0.4, -0.2) is 53.5 Å². The maximum atomic E-state index is 12.3. The highest BCUT2D eigenvalue weighted by atomic mass is 16.5. The average Bonchev–Trinajstić information content (AvgIpc) is 3.24. The molecule has 2 heterocycles. The molecule has 8 nitrogen and oxygen atoms in total. The van der Waals surface area contributed by atoms with E-state index < -0.39 is 0 Å². The topological polar surface area (TPSA) is 101 Å². The highest BCUT2D eigenvalue weighted by Gasteiger charge is 2.23. The van der Waals surface area contributed by atoms with Crippen LogP contribution in [0.3, 0.4) is 0 Å². The summed E-state index contributed by atoms with van der Waals surface area (Å²) in [6, 6.07) is 5.90. The van der Waals surface area contributed by atoms with E-state index in [1.165, 1.54) is 0 Å². The van der Waals surface area contributed by atoms with E-state index in [0.717, 1.165) is 62.3 Å². The van der Waals surface area contributed by atoms with E-state index in [9.17, 15) is 4.79 Å². The Kier molecular flexibility index (Phi) is 9.11. The monoisotopic (exact) mass is 458 g/mol. The molecule has 2 aromatic rings. The predicted octanol–water partition coefficient (Wildman–Crippen LogP) is 3.76. The second-order valence-corrected chi connectivity index (χ2v) is 9.55. The van der Waals surface area contributed by atoms with Gasteiger partial charge in [0, 0.05) is 31.1 Å². The van der Waals surface area contributed by atoms with Crippen LogP contribution < -0.4 is 15.0 Å². The third kappa shape index (κ3) is 7.45. The highest BCUT2D eigenvalue weighted by Crippen LogP contribution is 2.26. The van der Waals surface area contributed by atoms with Crippen LogP contribution in [0.5, 0.6) is 5.75 Å². The fraction of sp³-hybridized carbons (Fsp3) is 0.640. The lowest BCUT2D eigenvalue weighted by Gasteiger charge is -2.30. The molecule has 2 N–H and O–H groups in total. The van der Waals surface area contributed by atoms with Gasteiger partial charge in [-0.15, -0.1) is 0 Å². The molecule has 1 aliphatic heterocycles. The third-order valence-electron chi connectivity index (χ3n) is 6.05. The van der Waals surface area contributed by atoms with Crippen LogP contribution in [0, 0.1) is 18.8 Å². The Morgan fingerprint density at radius 2 is 2.06 bits per heavy atom. The van der Waals surface area contributed by atoms with Crippen LogP contribution in [0.15, 0.2) is 22.7 Å². The normalized spacial score (nSPS) is 15.6. The Morgan fingerprint density at radius 3 is 2.73 bits per heavy atom. The number of rotatable bonds is 11. The van der Waals surface area contributed by atoms with Gasteiger partial charge in [0.05, 0.1) is 13.2 Å². The number of hydrogen-bond acceptors (Lipinski definition) is 7. The lowest BCUT2D eigenvalue weighted by molar-refractivity contribution is 0.0921. The molecule has 0 spiro atoms. The molecule has 3 rings (SSSR count). The Morgan fingerprint density at radius 1 is 1.30 bits per heavy atom. The standard InChI is InChI=1S/C25H38N4O4/c1-17(2)14-23-27-25(33-28-23)29-11-9-20(10-12-29)6-5-13-32-21-7-8-22(18(3)15-21)24(31)26-19(4)16-30/h7-8,15,17,19-20,30H,5-6,9-14,16H2,1-4H3,(H,26,31). The summed E-state index contributed by atoms with van der Waals surface area (Å²) in [7, 11) is 0. The number of aliphatic hydroxyl groups is 1. The van der Waals surface area contributed by atoms with Crippen LogP contribution in [0.25, 0.3) is 0 Å². The molecule has 182 valence electrons. The number of ether oxygens (including phenoxy) is 1. The molecule has 1 unspecified atom stereocenters. The molecule has 33 heavy (non-hydrogen) atoms. The van der Waals surface area contributed by atoms with Crippen LogP contribution in [0.4, 0.5) is 6.01 Å². The number of amides is 1. The number of carbonyl (C=O) groups is 1. The number of nitrogens with zero attached hydrogens (tertiary/aromatic N) is 3. The average molecular weight is 459 g/mol. The summed E-state index contributed by atoms with van der Waals surface area (Å²) in [5.74, 6) is 2.60. The van der Waals surface area contributed by atoms with E-state index in [0.29, 0.717) is 30.0 Å². The molecule has 0 bridgehead atoms. The van der Waals surface area contributed by atoms with Crippen molar-refractivity contribution in [3.05, 3.63) is 35.2 Å². The summed E-state index contributed by atoms with van der Waals surface area (Å²) in [5.41, 5.74) is 1.46. The van der Waals surface area contributed by atoms with Gasteiger partial charge in [0.1, 0.15) is 5.75 Å². The number of anilines is 1. The molecule has 0 radical (unpaired) electrons. The van der Waals surface area contributed by atoms with Crippen LogP contribution in [0.1, 0.15) is 68.2 Å². The van der Waals surface area contributed by atoms with Gasteiger partial charge in [-0.05, 0) is 75.1 Å². The number of aryl methyl sites for hydroxylation is 1. The van der Waals surface area contributed by atoms with E-state index in [1.807, 2.05) is 19.1 Å². The van der Waals surface area contributed by atoms with Crippen molar-refractivity contribution in [2.24, 2.45) is 11.8 Å². The van der Waals surface area contributed by atoms with Gasteiger partial charge < -0.3 is 24.6 Å². The fourth-order valence-electron chi connectivity index (χ4n) is 4.12. The summed E-state index contributed by atoms with van der Waals surface area (Å²) < 4.78 is 11.4. The minimum absolute atomic E-state index is 0.0822. The zero-order valence-corrected chi connectivity index (χ0v) is 20.3. The zero-order valence-electron chi connectivity index (χ0n) is 20.3. The number of carbonyl (C=O) groups excluding carboxylic acids is 1. The highest BCUT2D eigenvalue weighted by molar-refractivity contribution is 5.95. The second-order valence-electron chi connectivity index (χ2n) is 9.55. The van der Waals surface area contributed by atoms with E-state index in [-0.39, 0.29) is 18.6 Å². The van der Waals surface area contributed by atoms with Crippen molar-refractivity contribution in [2.45, 2.75) is 65.8 Å². The van der Waals surface area contributed by atoms with Gasteiger partial charge in [0.15, 0.2) is 5.82 Å². The largest absolute Gasteiger partial charge is 0.494 e. The van der Waals surface area contributed by atoms with Crippen molar-refractivity contribution >= 4 is 11.9 Å². The first-order chi connectivity index (χ1) is 15.9. The van der Waals surface area contributed by atoms with Gasteiger partial charge in [0.25, 0.3) is 5.91 Å². The molecule has 1 saturated heterocycles. The fourth-order valence-corrected chi connectivity index (χ4v) is 4.12. The predicted molar refractivity (Wildman–Crippen MR) is 128 cm³/mol. The first kappa shape index (κ1) is 25.0. The van der Waals surface area contributed by atoms with E-state index in [4.69, 9.17) is 14.4 Å². The lowest BCUT2D eigenvalue weighted by Crippen LogP contribution is -2.35. The van der Waals surface area contributed by atoms with Crippen molar-refractivity contribution in [3.63, 3.8) is 0 Å². The quantitative estimate of drug-likeness (QED) is 0.495. The molecule has 1 aliphatic rings. The van der Waals surface area contributed by atoms with E-state index >= 15 is 0 Å². The number of aliphatic hydroxyl groups excluding tert-OH is 1.